The largest absolute Gasteiger partial charge is 0.309 e. The van der Waals surface area contributed by atoms with E-state index < -0.39 is 0 Å². The van der Waals surface area contributed by atoms with Crippen LogP contribution >= 0.6 is 11.3 Å². The highest BCUT2D eigenvalue weighted by atomic mass is 32.1. The zero-order valence-electron chi connectivity index (χ0n) is 23.0. The van der Waals surface area contributed by atoms with Gasteiger partial charge in [-0.3, -0.25) is 0 Å². The predicted octanol–water partition coefficient (Wildman–Crippen LogP) is 11.1. The van der Waals surface area contributed by atoms with Gasteiger partial charge < -0.3 is 4.57 Å². The molecule has 1 nitrogen and oxygen atoms in total. The second kappa shape index (κ2) is 8.19. The molecule has 1 aliphatic carbocycles. The van der Waals surface area contributed by atoms with E-state index in [-0.39, 0.29) is 5.41 Å². The summed E-state index contributed by atoms with van der Waals surface area (Å²) >= 11 is 1.89. The lowest BCUT2D eigenvalue weighted by molar-refractivity contribution is 0.661. The Morgan fingerprint density at radius 2 is 1.29 bits per heavy atom. The molecule has 0 radical (unpaired) electrons. The third kappa shape index (κ3) is 3.11. The fraction of sp³-hybridized carbons (Fsp3) is 0.0769. The fourth-order valence-electron chi connectivity index (χ4n) is 7.25. The van der Waals surface area contributed by atoms with Gasteiger partial charge in [-0.05, 0) is 69.8 Å². The zero-order valence-corrected chi connectivity index (χ0v) is 23.8. The van der Waals surface area contributed by atoms with Crippen molar-refractivity contribution in [3.05, 3.63) is 139 Å². The van der Waals surface area contributed by atoms with E-state index in [0.29, 0.717) is 0 Å². The van der Waals surface area contributed by atoms with Gasteiger partial charge in [0.1, 0.15) is 0 Å². The van der Waals surface area contributed by atoms with Crippen LogP contribution in [0.25, 0.3) is 69.9 Å². The maximum atomic E-state index is 2.48. The van der Waals surface area contributed by atoms with Gasteiger partial charge in [0.05, 0.1) is 11.0 Å². The minimum Gasteiger partial charge on any atom is -0.309 e. The van der Waals surface area contributed by atoms with Crippen LogP contribution in [-0.2, 0) is 5.41 Å². The number of hydrogen-bond donors (Lipinski definition) is 0. The molecule has 2 heteroatoms. The number of para-hydroxylation sites is 1. The van der Waals surface area contributed by atoms with Gasteiger partial charge >= 0.3 is 0 Å². The summed E-state index contributed by atoms with van der Waals surface area (Å²) in [6, 6.07) is 47.2. The minimum atomic E-state index is -0.0370. The average Bonchev–Trinajstić information content (AvgIpc) is 3.62. The summed E-state index contributed by atoms with van der Waals surface area (Å²) < 4.78 is 5.13. The Balaban J connectivity index is 1.32. The van der Waals surface area contributed by atoms with Crippen LogP contribution in [0, 0.1) is 0 Å². The van der Waals surface area contributed by atoms with Gasteiger partial charge in [-0.25, -0.2) is 0 Å². The average molecular weight is 542 g/mol. The number of rotatable bonds is 2. The molecule has 0 atom stereocenters. The first-order chi connectivity index (χ1) is 20.1. The summed E-state index contributed by atoms with van der Waals surface area (Å²) in [6.07, 6.45) is 0. The van der Waals surface area contributed by atoms with Crippen molar-refractivity contribution in [2.75, 3.05) is 0 Å². The van der Waals surface area contributed by atoms with Crippen molar-refractivity contribution >= 4 is 53.3 Å². The van der Waals surface area contributed by atoms with Crippen LogP contribution in [0.1, 0.15) is 25.0 Å². The van der Waals surface area contributed by atoms with Crippen LogP contribution in [0.5, 0.6) is 0 Å². The second-order valence-corrected chi connectivity index (χ2v) is 12.8. The highest BCUT2D eigenvalue weighted by molar-refractivity contribution is 7.26. The summed E-state index contributed by atoms with van der Waals surface area (Å²) in [5.74, 6) is 0. The van der Waals surface area contributed by atoms with Crippen LogP contribution in [0.3, 0.4) is 0 Å². The molecule has 0 aliphatic heterocycles. The Morgan fingerprint density at radius 3 is 2.20 bits per heavy atom. The first-order valence-corrected chi connectivity index (χ1v) is 15.1. The number of fused-ring (bicyclic) bond motifs is 9. The van der Waals surface area contributed by atoms with Gasteiger partial charge in [-0.2, -0.15) is 0 Å². The molecule has 1 aliphatic rings. The molecular weight excluding hydrogens is 515 g/mol. The molecule has 0 fully saturated rings. The third-order valence-electron chi connectivity index (χ3n) is 9.20. The minimum absolute atomic E-state index is 0.0370. The first-order valence-electron chi connectivity index (χ1n) is 14.3. The van der Waals surface area contributed by atoms with Gasteiger partial charge in [0.15, 0.2) is 0 Å². The lowest BCUT2D eigenvalue weighted by Crippen LogP contribution is -2.14. The van der Waals surface area contributed by atoms with E-state index in [2.05, 4.69) is 146 Å². The lowest BCUT2D eigenvalue weighted by Gasteiger charge is -2.21. The molecule has 0 spiro atoms. The Kier molecular flexibility index (Phi) is 4.61. The Bertz CT molecular complexity index is 2330. The molecule has 0 N–H and O–H groups in total. The second-order valence-electron chi connectivity index (χ2n) is 11.8. The van der Waals surface area contributed by atoms with Crippen molar-refractivity contribution in [1.29, 1.82) is 0 Å². The molecule has 41 heavy (non-hydrogen) atoms. The predicted molar refractivity (Wildman–Crippen MR) is 177 cm³/mol. The quantitative estimate of drug-likeness (QED) is 0.205. The molecule has 0 unspecified atom stereocenters. The molecule has 6 aromatic carbocycles. The Hall–Kier alpha value is -4.66. The van der Waals surface area contributed by atoms with Crippen molar-refractivity contribution in [2.24, 2.45) is 0 Å². The summed E-state index contributed by atoms with van der Waals surface area (Å²) in [5, 5.41) is 5.29. The van der Waals surface area contributed by atoms with Crippen LogP contribution in [0.2, 0.25) is 0 Å². The number of nitrogens with zero attached hydrogens (tertiary/aromatic N) is 1. The topological polar surface area (TPSA) is 4.93 Å². The van der Waals surface area contributed by atoms with E-state index >= 15 is 0 Å². The van der Waals surface area contributed by atoms with Crippen LogP contribution in [0.15, 0.2) is 127 Å². The molecule has 0 saturated carbocycles. The number of benzene rings is 6. The van der Waals surface area contributed by atoms with Crippen LogP contribution in [-0.4, -0.2) is 4.57 Å². The summed E-state index contributed by atoms with van der Waals surface area (Å²) in [4.78, 5) is 0. The number of thiophene rings is 1. The van der Waals surface area contributed by atoms with Crippen molar-refractivity contribution in [3.63, 3.8) is 0 Å². The smallest absolute Gasteiger partial charge is 0.0544 e. The molecule has 2 heterocycles. The van der Waals surface area contributed by atoms with Crippen molar-refractivity contribution < 1.29 is 0 Å². The number of hydrogen-bond acceptors (Lipinski definition) is 1. The first kappa shape index (κ1) is 23.1. The SMILES string of the molecule is CC1(C)c2ccccc2-c2cc3c4ccccc4n(-c4ccc5c(c4)sc4cccc(-c6ccccc6)c45)c3cc21. The molecule has 0 amide bonds. The van der Waals surface area contributed by atoms with Crippen molar-refractivity contribution in [1.82, 2.24) is 4.57 Å². The van der Waals surface area contributed by atoms with E-state index in [1.807, 2.05) is 11.3 Å². The normalized spacial score (nSPS) is 13.8. The van der Waals surface area contributed by atoms with E-state index in [4.69, 9.17) is 0 Å². The molecule has 194 valence electrons. The van der Waals surface area contributed by atoms with Gasteiger partial charge in [-0.15, -0.1) is 11.3 Å². The molecule has 9 rings (SSSR count). The maximum absolute atomic E-state index is 2.48. The van der Waals surface area contributed by atoms with Gasteiger partial charge in [-0.1, -0.05) is 105 Å². The molecule has 2 aromatic heterocycles. The van der Waals surface area contributed by atoms with E-state index in [1.54, 1.807) is 0 Å². The summed E-state index contributed by atoms with van der Waals surface area (Å²) in [6.45, 7) is 4.73. The van der Waals surface area contributed by atoms with Crippen LogP contribution in [0.4, 0.5) is 0 Å². The fourth-order valence-corrected chi connectivity index (χ4v) is 8.42. The summed E-state index contributed by atoms with van der Waals surface area (Å²) in [7, 11) is 0. The Labute approximate surface area is 242 Å². The zero-order chi connectivity index (χ0) is 27.3. The highest BCUT2D eigenvalue weighted by Gasteiger charge is 2.36. The monoisotopic (exact) mass is 541 g/mol. The third-order valence-corrected chi connectivity index (χ3v) is 10.3. The summed E-state index contributed by atoms with van der Waals surface area (Å²) in [5.41, 5.74) is 11.8. The molecule has 0 saturated heterocycles. The van der Waals surface area contributed by atoms with Crippen LogP contribution < -0.4 is 0 Å². The van der Waals surface area contributed by atoms with E-state index in [0.717, 1.165) is 0 Å². The van der Waals surface area contributed by atoms with Crippen molar-refractivity contribution in [3.8, 4) is 27.9 Å². The maximum Gasteiger partial charge on any atom is 0.0544 e. The molecule has 0 bridgehead atoms. The standard InChI is InChI=1S/C39H27NS/c1-39(2)32-16-8-6-13-27(32)30-22-31-28-14-7-9-17-34(28)40(35(31)23-33(30)39)25-19-20-29-37(21-25)41-36-18-10-15-26(38(29)36)24-11-4-3-5-12-24/h3-23H,1-2H3. The highest BCUT2D eigenvalue weighted by Crippen LogP contribution is 2.51. The van der Waals surface area contributed by atoms with Gasteiger partial charge in [0.25, 0.3) is 0 Å². The molecular formula is C39H27NS. The van der Waals surface area contributed by atoms with Gasteiger partial charge in [0, 0.05) is 42.0 Å². The Morgan fingerprint density at radius 1 is 0.512 bits per heavy atom. The van der Waals surface area contributed by atoms with Crippen molar-refractivity contribution in [2.45, 2.75) is 19.3 Å². The lowest BCUT2D eigenvalue weighted by atomic mass is 9.82. The number of aromatic nitrogens is 1. The van der Waals surface area contributed by atoms with Gasteiger partial charge in [0.2, 0.25) is 0 Å². The van der Waals surface area contributed by atoms with E-state index in [9.17, 15) is 0 Å². The molecule has 8 aromatic rings. The van der Waals surface area contributed by atoms with E-state index in [1.165, 1.54) is 81.0 Å².